The third-order valence-corrected chi connectivity index (χ3v) is 3.59. The van der Waals surface area contributed by atoms with Crippen LogP contribution in [-0.4, -0.2) is 30.1 Å². The third kappa shape index (κ3) is 4.12. The molecule has 2 atom stereocenters. The third-order valence-electron chi connectivity index (χ3n) is 3.59. The van der Waals surface area contributed by atoms with E-state index in [4.69, 9.17) is 5.73 Å². The van der Waals surface area contributed by atoms with E-state index in [0.29, 0.717) is 6.04 Å². The van der Waals surface area contributed by atoms with Gasteiger partial charge in [0.2, 0.25) is 0 Å². The van der Waals surface area contributed by atoms with Gasteiger partial charge < -0.3 is 5.73 Å². The van der Waals surface area contributed by atoms with E-state index in [0.717, 1.165) is 18.5 Å². The summed E-state index contributed by atoms with van der Waals surface area (Å²) in [4.78, 5) is 2.66. The first kappa shape index (κ1) is 13.0. The minimum absolute atomic E-state index is 0.609. The van der Waals surface area contributed by atoms with Gasteiger partial charge in [0.1, 0.15) is 0 Å². The quantitative estimate of drug-likeness (QED) is 0.776. The Hall–Kier alpha value is -0.0800. The van der Waals surface area contributed by atoms with E-state index in [1.807, 2.05) is 0 Å². The minimum Gasteiger partial charge on any atom is -0.329 e. The Bertz CT molecular complexity index is 168. The van der Waals surface area contributed by atoms with Gasteiger partial charge in [-0.05, 0) is 38.6 Å². The van der Waals surface area contributed by atoms with Crippen LogP contribution in [0.5, 0.6) is 0 Å². The maximum absolute atomic E-state index is 5.92. The predicted molar refractivity (Wildman–Crippen MR) is 66.9 cm³/mol. The van der Waals surface area contributed by atoms with E-state index in [2.05, 4.69) is 25.7 Å². The van der Waals surface area contributed by atoms with Gasteiger partial charge in [-0.3, -0.25) is 4.90 Å². The van der Waals surface area contributed by atoms with Crippen LogP contribution >= 0.6 is 0 Å². The Morgan fingerprint density at radius 1 is 1.27 bits per heavy atom. The lowest BCUT2D eigenvalue weighted by Gasteiger charge is -2.35. The van der Waals surface area contributed by atoms with E-state index >= 15 is 0 Å². The van der Waals surface area contributed by atoms with Crippen LogP contribution < -0.4 is 5.73 Å². The van der Waals surface area contributed by atoms with Crippen LogP contribution in [0, 0.1) is 5.92 Å². The monoisotopic (exact) mass is 212 g/mol. The molecule has 0 spiro atoms. The van der Waals surface area contributed by atoms with E-state index in [1.165, 1.54) is 38.6 Å². The van der Waals surface area contributed by atoms with Gasteiger partial charge in [-0.15, -0.1) is 0 Å². The van der Waals surface area contributed by atoms with Crippen LogP contribution in [-0.2, 0) is 0 Å². The van der Waals surface area contributed by atoms with Gasteiger partial charge in [0, 0.05) is 18.6 Å². The normalized spacial score (nSPS) is 26.6. The van der Waals surface area contributed by atoms with Crippen molar-refractivity contribution in [2.24, 2.45) is 11.7 Å². The molecule has 1 saturated heterocycles. The van der Waals surface area contributed by atoms with Gasteiger partial charge in [-0.2, -0.15) is 0 Å². The van der Waals surface area contributed by atoms with Gasteiger partial charge in [0.05, 0.1) is 0 Å². The first-order valence-corrected chi connectivity index (χ1v) is 6.61. The van der Waals surface area contributed by atoms with Crippen molar-refractivity contribution in [3.63, 3.8) is 0 Å². The van der Waals surface area contributed by atoms with Crippen molar-refractivity contribution in [1.29, 1.82) is 0 Å². The Balaban J connectivity index is 2.54. The van der Waals surface area contributed by atoms with Crippen LogP contribution in [0.25, 0.3) is 0 Å². The van der Waals surface area contributed by atoms with Crippen LogP contribution in [0.2, 0.25) is 0 Å². The number of likely N-dealkylation sites (tertiary alicyclic amines) is 1. The summed E-state index contributed by atoms with van der Waals surface area (Å²) in [6, 6.07) is 1.35. The topological polar surface area (TPSA) is 29.3 Å². The summed E-state index contributed by atoms with van der Waals surface area (Å²) in [6.45, 7) is 9.04. The van der Waals surface area contributed by atoms with Gasteiger partial charge in [0.25, 0.3) is 0 Å². The van der Waals surface area contributed by atoms with E-state index in [9.17, 15) is 0 Å². The van der Waals surface area contributed by atoms with Gasteiger partial charge in [0.15, 0.2) is 0 Å². The van der Waals surface area contributed by atoms with Crippen molar-refractivity contribution in [2.45, 2.75) is 65.0 Å². The second-order valence-corrected chi connectivity index (χ2v) is 5.46. The zero-order valence-electron chi connectivity index (χ0n) is 10.7. The first-order valence-electron chi connectivity index (χ1n) is 6.61. The van der Waals surface area contributed by atoms with Crippen LogP contribution in [0.15, 0.2) is 0 Å². The van der Waals surface area contributed by atoms with E-state index in [-0.39, 0.29) is 0 Å². The molecule has 2 N–H and O–H groups in total. The molecule has 1 rings (SSSR count). The highest BCUT2D eigenvalue weighted by molar-refractivity contribution is 4.80. The molecule has 0 aromatic heterocycles. The molecule has 1 heterocycles. The fraction of sp³-hybridized carbons (Fsp3) is 1.00. The zero-order valence-corrected chi connectivity index (χ0v) is 10.7. The zero-order chi connectivity index (χ0) is 11.3. The summed E-state index contributed by atoms with van der Waals surface area (Å²) >= 11 is 0. The lowest BCUT2D eigenvalue weighted by molar-refractivity contribution is 0.133. The number of hydrogen-bond donors (Lipinski definition) is 1. The lowest BCUT2D eigenvalue weighted by atomic mass is 10.0. The van der Waals surface area contributed by atoms with E-state index < -0.39 is 0 Å². The summed E-state index contributed by atoms with van der Waals surface area (Å²) in [5.74, 6) is 0.758. The van der Waals surface area contributed by atoms with Crippen LogP contribution in [0.1, 0.15) is 52.9 Å². The second-order valence-electron chi connectivity index (χ2n) is 5.46. The molecular weight excluding hydrogens is 184 g/mol. The molecule has 1 fully saturated rings. The molecule has 90 valence electrons. The minimum atomic E-state index is 0.609. The number of rotatable bonds is 4. The van der Waals surface area contributed by atoms with Crippen molar-refractivity contribution in [2.75, 3.05) is 13.1 Å². The predicted octanol–water partition coefficient (Wildman–Crippen LogP) is 2.62. The molecule has 2 heteroatoms. The average molecular weight is 212 g/mol. The van der Waals surface area contributed by atoms with Crippen molar-refractivity contribution in [3.05, 3.63) is 0 Å². The Labute approximate surface area is 95.2 Å². The number of nitrogens with zero attached hydrogens (tertiary/aromatic N) is 1. The summed E-state index contributed by atoms with van der Waals surface area (Å²) in [7, 11) is 0. The number of hydrogen-bond acceptors (Lipinski definition) is 2. The summed E-state index contributed by atoms with van der Waals surface area (Å²) in [5.41, 5.74) is 5.92. The van der Waals surface area contributed by atoms with Crippen molar-refractivity contribution in [3.8, 4) is 0 Å². The number of nitrogens with two attached hydrogens (primary N) is 1. The largest absolute Gasteiger partial charge is 0.329 e. The van der Waals surface area contributed by atoms with Gasteiger partial charge >= 0.3 is 0 Å². The van der Waals surface area contributed by atoms with Crippen molar-refractivity contribution in [1.82, 2.24) is 4.90 Å². The SMILES string of the molecule is CC(C)CC(CN)N1CCCCCC1C. The van der Waals surface area contributed by atoms with Gasteiger partial charge in [-0.25, -0.2) is 0 Å². The fourth-order valence-corrected chi connectivity index (χ4v) is 2.75. The van der Waals surface area contributed by atoms with E-state index in [1.54, 1.807) is 0 Å². The molecule has 2 nitrogen and oxygen atoms in total. The molecule has 1 aliphatic rings. The molecule has 2 unspecified atom stereocenters. The van der Waals surface area contributed by atoms with Gasteiger partial charge in [-0.1, -0.05) is 26.7 Å². The standard InChI is InChI=1S/C13H28N2/c1-11(2)9-13(10-14)15-8-6-4-5-7-12(15)3/h11-13H,4-10,14H2,1-3H3. The summed E-state index contributed by atoms with van der Waals surface area (Å²) in [5, 5.41) is 0. The first-order chi connectivity index (χ1) is 7.15. The Morgan fingerprint density at radius 2 is 2.00 bits per heavy atom. The molecular formula is C13H28N2. The van der Waals surface area contributed by atoms with Crippen molar-refractivity contribution < 1.29 is 0 Å². The Morgan fingerprint density at radius 3 is 2.60 bits per heavy atom. The molecule has 1 aliphatic heterocycles. The Kier molecular flexibility index (Phi) is 5.62. The molecule has 0 bridgehead atoms. The fourth-order valence-electron chi connectivity index (χ4n) is 2.75. The highest BCUT2D eigenvalue weighted by Crippen LogP contribution is 2.21. The molecule has 0 radical (unpaired) electrons. The molecule has 0 aromatic carbocycles. The second kappa shape index (κ2) is 6.49. The molecule has 0 aliphatic carbocycles. The highest BCUT2D eigenvalue weighted by Gasteiger charge is 2.24. The van der Waals surface area contributed by atoms with Crippen LogP contribution in [0.3, 0.4) is 0 Å². The summed E-state index contributed by atoms with van der Waals surface area (Å²) in [6.07, 6.45) is 6.77. The molecule has 0 amide bonds. The highest BCUT2D eigenvalue weighted by atomic mass is 15.2. The molecule has 0 aromatic rings. The molecule has 15 heavy (non-hydrogen) atoms. The smallest absolute Gasteiger partial charge is 0.0223 e. The maximum atomic E-state index is 5.92. The summed E-state index contributed by atoms with van der Waals surface area (Å²) < 4.78 is 0. The average Bonchev–Trinajstić information content (AvgIpc) is 2.39. The van der Waals surface area contributed by atoms with Crippen molar-refractivity contribution >= 4 is 0 Å². The lowest BCUT2D eigenvalue weighted by Crippen LogP contribution is -2.46. The molecule has 0 saturated carbocycles. The van der Waals surface area contributed by atoms with Crippen LogP contribution in [0.4, 0.5) is 0 Å². The maximum Gasteiger partial charge on any atom is 0.0223 e.